The first-order valence-electron chi connectivity index (χ1n) is 6.02. The number of nitrogen functional groups attached to an aromatic ring is 1. The summed E-state index contributed by atoms with van der Waals surface area (Å²) >= 11 is 3.45. The van der Waals surface area contributed by atoms with E-state index in [4.69, 9.17) is 5.73 Å². The summed E-state index contributed by atoms with van der Waals surface area (Å²) in [5.74, 6) is 1.58. The van der Waals surface area contributed by atoms with Gasteiger partial charge >= 0.3 is 0 Å². The Hall–Kier alpha value is -1.34. The van der Waals surface area contributed by atoms with E-state index in [9.17, 15) is 0 Å². The Bertz CT molecular complexity index is 623. The molecule has 4 heterocycles. The molecular formula is C11H13BrN6. The molecule has 6 nitrogen and oxygen atoms in total. The lowest BCUT2D eigenvalue weighted by atomic mass is 10.2. The Labute approximate surface area is 112 Å². The van der Waals surface area contributed by atoms with Gasteiger partial charge in [-0.3, -0.25) is 0 Å². The van der Waals surface area contributed by atoms with Crippen LogP contribution in [0.3, 0.4) is 0 Å². The molecule has 2 bridgehead atoms. The van der Waals surface area contributed by atoms with Crippen molar-refractivity contribution in [1.82, 2.24) is 19.9 Å². The van der Waals surface area contributed by atoms with Crippen molar-refractivity contribution in [2.75, 3.05) is 23.7 Å². The van der Waals surface area contributed by atoms with Gasteiger partial charge in [0.25, 0.3) is 0 Å². The molecular weight excluding hydrogens is 296 g/mol. The minimum absolute atomic E-state index is 0.547. The van der Waals surface area contributed by atoms with E-state index in [-0.39, 0.29) is 0 Å². The van der Waals surface area contributed by atoms with Gasteiger partial charge in [-0.05, 0) is 22.4 Å². The lowest BCUT2D eigenvalue weighted by Gasteiger charge is -2.28. The van der Waals surface area contributed by atoms with Gasteiger partial charge in [0, 0.05) is 31.2 Å². The van der Waals surface area contributed by atoms with Crippen molar-refractivity contribution in [2.45, 2.75) is 18.5 Å². The number of hydrogen-bond acceptors (Lipinski definition) is 5. The summed E-state index contributed by atoms with van der Waals surface area (Å²) < 4.78 is 2.53. The number of anilines is 2. The van der Waals surface area contributed by atoms with Gasteiger partial charge in [-0.25, -0.2) is 4.98 Å². The van der Waals surface area contributed by atoms with Gasteiger partial charge in [0.1, 0.15) is 11.6 Å². The highest BCUT2D eigenvalue weighted by atomic mass is 79.9. The third-order valence-corrected chi connectivity index (χ3v) is 4.35. The molecule has 2 aliphatic heterocycles. The number of nitrogens with one attached hydrogen (secondary N) is 1. The van der Waals surface area contributed by atoms with Crippen LogP contribution in [-0.2, 0) is 0 Å². The van der Waals surface area contributed by atoms with Crippen molar-refractivity contribution in [3.63, 3.8) is 0 Å². The number of halogens is 1. The number of fused-ring (bicyclic) bond motifs is 3. The van der Waals surface area contributed by atoms with Crippen molar-refractivity contribution >= 4 is 33.2 Å². The topological polar surface area (TPSA) is 71.5 Å². The third-order valence-electron chi connectivity index (χ3n) is 3.79. The second-order valence-electron chi connectivity index (χ2n) is 4.91. The van der Waals surface area contributed by atoms with E-state index < -0.39 is 0 Å². The maximum atomic E-state index is 6.03. The quantitative estimate of drug-likeness (QED) is 0.808. The zero-order valence-electron chi connectivity index (χ0n) is 9.67. The van der Waals surface area contributed by atoms with Crippen molar-refractivity contribution in [3.8, 4) is 0 Å². The van der Waals surface area contributed by atoms with Crippen molar-refractivity contribution < 1.29 is 0 Å². The average molecular weight is 309 g/mol. The summed E-state index contributed by atoms with van der Waals surface area (Å²) in [7, 11) is 0. The normalized spacial score (nSPS) is 26.4. The molecule has 0 aliphatic carbocycles. The number of nitrogens with two attached hydrogens (primary N) is 1. The molecule has 2 aromatic rings. The van der Waals surface area contributed by atoms with Crippen molar-refractivity contribution in [2.24, 2.45) is 0 Å². The molecule has 7 heteroatoms. The Morgan fingerprint density at radius 2 is 2.39 bits per heavy atom. The highest BCUT2D eigenvalue weighted by Crippen LogP contribution is 2.30. The molecule has 4 rings (SSSR count). The van der Waals surface area contributed by atoms with Gasteiger partial charge in [-0.2, -0.15) is 9.61 Å². The van der Waals surface area contributed by atoms with E-state index in [1.165, 1.54) is 6.42 Å². The van der Waals surface area contributed by atoms with Crippen LogP contribution in [0.5, 0.6) is 0 Å². The standard InChI is InChI=1S/C11H13BrN6/c12-8-4-15-18-9(13)2-10(16-11(8)18)17-5-6-1-7(17)3-14-6/h2,4,6-7,14H,1,3,5,13H2. The molecule has 3 N–H and O–H groups in total. The van der Waals surface area contributed by atoms with Crippen LogP contribution < -0.4 is 16.0 Å². The van der Waals surface area contributed by atoms with Gasteiger partial charge in [0.2, 0.25) is 0 Å². The molecule has 0 amide bonds. The summed E-state index contributed by atoms with van der Waals surface area (Å²) in [4.78, 5) is 7.01. The van der Waals surface area contributed by atoms with Gasteiger partial charge in [-0.1, -0.05) is 0 Å². The summed E-state index contributed by atoms with van der Waals surface area (Å²) in [6.07, 6.45) is 2.92. The Kier molecular flexibility index (Phi) is 2.10. The van der Waals surface area contributed by atoms with Crippen LogP contribution in [0.1, 0.15) is 6.42 Å². The first-order chi connectivity index (χ1) is 8.72. The molecule has 0 aromatic carbocycles. The van der Waals surface area contributed by atoms with E-state index in [0.717, 1.165) is 29.0 Å². The van der Waals surface area contributed by atoms with Gasteiger partial charge in [-0.15, -0.1) is 0 Å². The first-order valence-corrected chi connectivity index (χ1v) is 6.81. The fourth-order valence-electron chi connectivity index (χ4n) is 2.93. The van der Waals surface area contributed by atoms with Crippen LogP contribution in [-0.4, -0.2) is 39.8 Å². The van der Waals surface area contributed by atoms with Crippen LogP contribution in [0.25, 0.3) is 5.65 Å². The molecule has 94 valence electrons. The summed E-state index contributed by atoms with van der Waals surface area (Å²) in [5.41, 5.74) is 6.81. The molecule has 2 aromatic heterocycles. The van der Waals surface area contributed by atoms with Gasteiger partial charge < -0.3 is 16.0 Å². The zero-order valence-corrected chi connectivity index (χ0v) is 11.3. The number of rotatable bonds is 1. The van der Waals surface area contributed by atoms with Crippen molar-refractivity contribution in [1.29, 1.82) is 0 Å². The average Bonchev–Trinajstić information content (AvgIpc) is 3.05. The summed E-state index contributed by atoms with van der Waals surface area (Å²) in [5, 5.41) is 7.67. The number of aromatic nitrogens is 3. The third kappa shape index (κ3) is 1.37. The van der Waals surface area contributed by atoms with E-state index in [1.54, 1.807) is 10.7 Å². The molecule has 2 aliphatic rings. The molecule has 2 saturated heterocycles. The SMILES string of the molecule is Nc1cc(N2CC3CC2CN3)nc2c(Br)cnn12. The first kappa shape index (κ1) is 10.6. The second-order valence-corrected chi connectivity index (χ2v) is 5.77. The molecule has 18 heavy (non-hydrogen) atoms. The van der Waals surface area contributed by atoms with Gasteiger partial charge in [0.15, 0.2) is 5.65 Å². The monoisotopic (exact) mass is 308 g/mol. The molecule has 0 saturated carbocycles. The summed E-state index contributed by atoms with van der Waals surface area (Å²) in [6.45, 7) is 2.05. The lowest BCUT2D eigenvalue weighted by Crippen LogP contribution is -2.44. The highest BCUT2D eigenvalue weighted by Gasteiger charge is 2.38. The number of piperazine rings is 1. The molecule has 2 unspecified atom stereocenters. The Morgan fingerprint density at radius 3 is 3.11 bits per heavy atom. The molecule has 0 spiro atoms. The van der Waals surface area contributed by atoms with Crippen LogP contribution in [0.15, 0.2) is 16.7 Å². The minimum atomic E-state index is 0.547. The van der Waals surface area contributed by atoms with Crippen molar-refractivity contribution in [3.05, 3.63) is 16.7 Å². The smallest absolute Gasteiger partial charge is 0.173 e. The van der Waals surface area contributed by atoms with Crippen LogP contribution in [0.2, 0.25) is 0 Å². The van der Waals surface area contributed by atoms with E-state index in [1.807, 2.05) is 6.07 Å². The van der Waals surface area contributed by atoms with Crippen LogP contribution in [0.4, 0.5) is 11.6 Å². The van der Waals surface area contributed by atoms with Crippen LogP contribution in [0, 0.1) is 0 Å². The highest BCUT2D eigenvalue weighted by molar-refractivity contribution is 9.10. The Balaban J connectivity index is 1.83. The molecule has 0 radical (unpaired) electrons. The Morgan fingerprint density at radius 1 is 1.50 bits per heavy atom. The predicted octanol–water partition coefficient (Wildman–Crippen LogP) is 0.625. The zero-order chi connectivity index (χ0) is 12.3. The fourth-order valence-corrected chi connectivity index (χ4v) is 3.28. The maximum Gasteiger partial charge on any atom is 0.173 e. The number of nitrogens with zero attached hydrogens (tertiary/aromatic N) is 4. The minimum Gasteiger partial charge on any atom is -0.383 e. The molecule has 2 atom stereocenters. The predicted molar refractivity (Wildman–Crippen MR) is 72.6 cm³/mol. The van der Waals surface area contributed by atoms with E-state index >= 15 is 0 Å². The summed E-state index contributed by atoms with van der Waals surface area (Å²) in [6, 6.07) is 3.06. The number of hydrogen-bond donors (Lipinski definition) is 2. The van der Waals surface area contributed by atoms with E-state index in [2.05, 4.69) is 36.2 Å². The van der Waals surface area contributed by atoms with E-state index in [0.29, 0.717) is 17.9 Å². The second kappa shape index (κ2) is 3.58. The fraction of sp³-hybridized carbons (Fsp3) is 0.455. The maximum absolute atomic E-state index is 6.03. The molecule has 2 fully saturated rings. The largest absolute Gasteiger partial charge is 0.383 e. The van der Waals surface area contributed by atoms with Crippen LogP contribution >= 0.6 is 15.9 Å². The van der Waals surface area contributed by atoms with Gasteiger partial charge in [0.05, 0.1) is 10.7 Å². The lowest BCUT2D eigenvalue weighted by molar-refractivity contribution is 0.576.